The first-order valence-electron chi connectivity index (χ1n) is 10.0. The Labute approximate surface area is 174 Å². The number of amides is 1. The van der Waals surface area contributed by atoms with Gasteiger partial charge in [-0.25, -0.2) is 4.39 Å². The molecule has 0 aromatic heterocycles. The van der Waals surface area contributed by atoms with Crippen LogP contribution in [0.3, 0.4) is 0 Å². The molecular formula is C25H22FNO3. The molecule has 0 spiro atoms. The summed E-state index contributed by atoms with van der Waals surface area (Å²) in [5.74, 6) is 1.16. The fourth-order valence-electron chi connectivity index (χ4n) is 4.04. The smallest absolute Gasteiger partial charge is 0.235 e. The second-order valence-electron chi connectivity index (χ2n) is 8.10. The molecule has 5 heteroatoms. The monoisotopic (exact) mass is 403 g/mol. The van der Waals surface area contributed by atoms with Crippen molar-refractivity contribution in [3.05, 3.63) is 77.1 Å². The number of benzene rings is 3. The Kier molecular flexibility index (Phi) is 4.28. The largest absolute Gasteiger partial charge is 0.454 e. The van der Waals surface area contributed by atoms with E-state index in [0.29, 0.717) is 17.1 Å². The van der Waals surface area contributed by atoms with Gasteiger partial charge in [-0.05, 0) is 90.9 Å². The van der Waals surface area contributed by atoms with Crippen LogP contribution in [0.5, 0.6) is 11.5 Å². The van der Waals surface area contributed by atoms with E-state index in [4.69, 9.17) is 9.47 Å². The lowest BCUT2D eigenvalue weighted by molar-refractivity contribution is -0.118. The third kappa shape index (κ3) is 3.11. The number of carbonyl (C=O) groups excluding carboxylic acids is 1. The van der Waals surface area contributed by atoms with E-state index in [1.54, 1.807) is 13.0 Å². The Morgan fingerprint density at radius 2 is 1.73 bits per heavy atom. The number of carbonyl (C=O) groups is 1. The molecule has 1 N–H and O–H groups in total. The summed E-state index contributed by atoms with van der Waals surface area (Å²) in [5, 5.41) is 3.09. The van der Waals surface area contributed by atoms with E-state index >= 15 is 0 Å². The summed E-state index contributed by atoms with van der Waals surface area (Å²) >= 11 is 0. The van der Waals surface area contributed by atoms with Crippen LogP contribution in [0.4, 0.5) is 10.1 Å². The van der Waals surface area contributed by atoms with Gasteiger partial charge in [-0.3, -0.25) is 4.79 Å². The molecule has 3 aromatic carbocycles. The number of rotatable bonds is 4. The van der Waals surface area contributed by atoms with Crippen LogP contribution in [-0.2, 0) is 10.2 Å². The minimum absolute atomic E-state index is 0.0218. The van der Waals surface area contributed by atoms with Crippen molar-refractivity contribution in [3.63, 3.8) is 0 Å². The van der Waals surface area contributed by atoms with Crippen molar-refractivity contribution in [1.29, 1.82) is 0 Å². The first kappa shape index (κ1) is 18.7. The van der Waals surface area contributed by atoms with Gasteiger partial charge in [0.25, 0.3) is 0 Å². The van der Waals surface area contributed by atoms with Crippen molar-refractivity contribution >= 4 is 11.6 Å². The van der Waals surface area contributed by atoms with Gasteiger partial charge in [-0.1, -0.05) is 18.2 Å². The SMILES string of the molecule is Cc1cc(-c2cc(NC(=O)C3(c4ccc5c(c4)OCO5)CC3)ccc2C)ccc1F. The fraction of sp³-hybridized carbons (Fsp3) is 0.240. The highest BCUT2D eigenvalue weighted by Gasteiger charge is 2.51. The molecule has 2 aliphatic rings. The lowest BCUT2D eigenvalue weighted by Gasteiger charge is -2.17. The second kappa shape index (κ2) is 6.87. The molecule has 1 amide bonds. The van der Waals surface area contributed by atoms with Crippen molar-refractivity contribution in [3.8, 4) is 22.6 Å². The lowest BCUT2D eigenvalue weighted by Crippen LogP contribution is -2.27. The molecular weight excluding hydrogens is 381 g/mol. The van der Waals surface area contributed by atoms with Gasteiger partial charge in [0, 0.05) is 5.69 Å². The zero-order chi connectivity index (χ0) is 20.9. The predicted molar refractivity (Wildman–Crippen MR) is 113 cm³/mol. The maximum Gasteiger partial charge on any atom is 0.235 e. The van der Waals surface area contributed by atoms with Gasteiger partial charge in [0.2, 0.25) is 12.7 Å². The summed E-state index contributed by atoms with van der Waals surface area (Å²) in [6, 6.07) is 16.6. The quantitative estimate of drug-likeness (QED) is 0.625. The molecule has 0 bridgehead atoms. The molecule has 0 atom stereocenters. The topological polar surface area (TPSA) is 47.6 Å². The maximum atomic E-state index is 13.7. The van der Waals surface area contributed by atoms with E-state index in [9.17, 15) is 9.18 Å². The number of nitrogens with one attached hydrogen (secondary N) is 1. The minimum Gasteiger partial charge on any atom is -0.454 e. The summed E-state index contributed by atoms with van der Waals surface area (Å²) in [6.07, 6.45) is 1.60. The Hall–Kier alpha value is -3.34. The Morgan fingerprint density at radius 1 is 0.933 bits per heavy atom. The van der Waals surface area contributed by atoms with Crippen LogP contribution in [0, 0.1) is 19.7 Å². The average molecular weight is 403 g/mol. The Balaban J connectivity index is 1.42. The fourth-order valence-corrected chi connectivity index (χ4v) is 4.04. The van der Waals surface area contributed by atoms with Crippen molar-refractivity contribution < 1.29 is 18.7 Å². The van der Waals surface area contributed by atoms with Crippen LogP contribution in [0.15, 0.2) is 54.6 Å². The average Bonchev–Trinajstić information content (AvgIpc) is 3.42. The van der Waals surface area contributed by atoms with Crippen molar-refractivity contribution in [2.75, 3.05) is 12.1 Å². The first-order valence-corrected chi connectivity index (χ1v) is 10.0. The van der Waals surface area contributed by atoms with E-state index in [1.807, 2.05) is 49.4 Å². The van der Waals surface area contributed by atoms with Gasteiger partial charge in [0.1, 0.15) is 5.82 Å². The van der Waals surface area contributed by atoms with Gasteiger partial charge in [-0.2, -0.15) is 0 Å². The Bertz CT molecular complexity index is 1170. The second-order valence-corrected chi connectivity index (χ2v) is 8.10. The standard InChI is InChI=1S/C25H22FNO3/c1-15-3-6-19(13-20(15)17-4-7-21(26)16(2)11-17)27-24(28)25(9-10-25)18-5-8-22-23(12-18)30-14-29-22/h3-8,11-13H,9-10,14H2,1-2H3,(H,27,28). The van der Waals surface area contributed by atoms with Crippen LogP contribution in [0.1, 0.15) is 29.5 Å². The summed E-state index contributed by atoms with van der Waals surface area (Å²) in [7, 11) is 0. The van der Waals surface area contributed by atoms with Crippen LogP contribution < -0.4 is 14.8 Å². The predicted octanol–water partition coefficient (Wildman–Crippen LogP) is 5.51. The highest BCUT2D eigenvalue weighted by molar-refractivity contribution is 6.02. The summed E-state index contributed by atoms with van der Waals surface area (Å²) in [6.45, 7) is 3.98. The van der Waals surface area contributed by atoms with Crippen LogP contribution in [0.25, 0.3) is 11.1 Å². The third-order valence-electron chi connectivity index (χ3n) is 6.07. The first-order chi connectivity index (χ1) is 14.5. The van der Waals surface area contributed by atoms with E-state index in [2.05, 4.69) is 5.32 Å². The van der Waals surface area contributed by atoms with E-state index in [-0.39, 0.29) is 18.5 Å². The van der Waals surface area contributed by atoms with E-state index in [0.717, 1.165) is 40.8 Å². The molecule has 0 radical (unpaired) electrons. The summed E-state index contributed by atoms with van der Waals surface area (Å²) < 4.78 is 24.5. The van der Waals surface area contributed by atoms with Crippen LogP contribution in [0.2, 0.25) is 0 Å². The molecule has 1 heterocycles. The van der Waals surface area contributed by atoms with E-state index in [1.165, 1.54) is 6.07 Å². The van der Waals surface area contributed by atoms with Crippen molar-refractivity contribution in [2.45, 2.75) is 32.1 Å². The van der Waals surface area contributed by atoms with Gasteiger partial charge < -0.3 is 14.8 Å². The van der Waals surface area contributed by atoms with Crippen LogP contribution >= 0.6 is 0 Å². The third-order valence-corrected chi connectivity index (χ3v) is 6.07. The van der Waals surface area contributed by atoms with Gasteiger partial charge in [-0.15, -0.1) is 0 Å². The number of anilines is 1. The molecule has 30 heavy (non-hydrogen) atoms. The van der Waals surface area contributed by atoms with Gasteiger partial charge in [0.05, 0.1) is 5.41 Å². The van der Waals surface area contributed by atoms with Gasteiger partial charge in [0.15, 0.2) is 11.5 Å². The number of halogens is 1. The molecule has 3 aromatic rings. The number of hydrogen-bond acceptors (Lipinski definition) is 3. The van der Waals surface area contributed by atoms with Crippen molar-refractivity contribution in [1.82, 2.24) is 0 Å². The summed E-state index contributed by atoms with van der Waals surface area (Å²) in [5.41, 5.74) is 4.72. The number of fused-ring (bicyclic) bond motifs is 1. The number of aryl methyl sites for hydroxylation is 2. The van der Waals surface area contributed by atoms with Gasteiger partial charge >= 0.3 is 0 Å². The zero-order valence-electron chi connectivity index (χ0n) is 16.9. The number of hydrogen-bond donors (Lipinski definition) is 1. The molecule has 0 unspecified atom stereocenters. The molecule has 1 saturated carbocycles. The molecule has 1 aliphatic carbocycles. The highest BCUT2D eigenvalue weighted by Crippen LogP contribution is 2.51. The van der Waals surface area contributed by atoms with E-state index < -0.39 is 5.41 Å². The molecule has 1 aliphatic heterocycles. The Morgan fingerprint density at radius 3 is 2.50 bits per heavy atom. The van der Waals surface area contributed by atoms with Crippen LogP contribution in [-0.4, -0.2) is 12.7 Å². The minimum atomic E-state index is -0.529. The molecule has 0 saturated heterocycles. The highest BCUT2D eigenvalue weighted by atomic mass is 19.1. The lowest BCUT2D eigenvalue weighted by atomic mass is 9.94. The molecule has 4 nitrogen and oxygen atoms in total. The normalized spacial score (nSPS) is 15.7. The molecule has 152 valence electrons. The maximum absolute atomic E-state index is 13.7. The molecule has 5 rings (SSSR count). The number of ether oxygens (including phenoxy) is 2. The zero-order valence-corrected chi connectivity index (χ0v) is 16.9. The summed E-state index contributed by atoms with van der Waals surface area (Å²) in [4.78, 5) is 13.2. The van der Waals surface area contributed by atoms with Crippen molar-refractivity contribution in [2.24, 2.45) is 0 Å². The molecule has 1 fully saturated rings.